The molecule has 0 fully saturated rings. The summed E-state index contributed by atoms with van der Waals surface area (Å²) in [5.74, 6) is 0.427. The van der Waals surface area contributed by atoms with Crippen LogP contribution in [0.15, 0.2) is 82.2 Å². The van der Waals surface area contributed by atoms with Gasteiger partial charge in [0.15, 0.2) is 0 Å². The molecule has 2 amide bonds. The summed E-state index contributed by atoms with van der Waals surface area (Å²) in [7, 11) is -2.61. The Morgan fingerprint density at radius 1 is 0.884 bits per heavy atom. The Morgan fingerprint density at radius 2 is 1.49 bits per heavy atom. The molecular weight excluding hydrogens is 634 g/mol. The molecular formula is C32H40BrN3O6S. The Morgan fingerprint density at radius 3 is 2.02 bits per heavy atom. The van der Waals surface area contributed by atoms with Gasteiger partial charge in [-0.1, -0.05) is 41.9 Å². The lowest BCUT2D eigenvalue weighted by Crippen LogP contribution is -2.53. The maximum atomic E-state index is 14.2. The summed E-state index contributed by atoms with van der Waals surface area (Å²) in [4.78, 5) is 29.1. The molecule has 11 heteroatoms. The van der Waals surface area contributed by atoms with Gasteiger partial charge in [0.05, 0.1) is 24.3 Å². The molecule has 0 spiro atoms. The van der Waals surface area contributed by atoms with Crippen LogP contribution in [0.5, 0.6) is 11.5 Å². The van der Waals surface area contributed by atoms with E-state index in [0.717, 1.165) is 20.8 Å². The van der Waals surface area contributed by atoms with E-state index in [1.165, 1.54) is 17.0 Å². The molecule has 0 aliphatic rings. The minimum absolute atomic E-state index is 0.0284. The van der Waals surface area contributed by atoms with Gasteiger partial charge in [0.25, 0.3) is 10.0 Å². The summed E-state index contributed by atoms with van der Waals surface area (Å²) in [6.07, 6.45) is 1.07. The predicted molar refractivity (Wildman–Crippen MR) is 172 cm³/mol. The monoisotopic (exact) mass is 673 g/mol. The second-order valence-electron chi connectivity index (χ2n) is 10.0. The largest absolute Gasteiger partial charge is 0.497 e. The van der Waals surface area contributed by atoms with E-state index in [2.05, 4.69) is 21.2 Å². The molecule has 9 nitrogen and oxygen atoms in total. The molecule has 3 aromatic carbocycles. The molecule has 0 aliphatic heterocycles. The van der Waals surface area contributed by atoms with Crippen LogP contribution in [-0.4, -0.2) is 57.5 Å². The first kappa shape index (κ1) is 33.9. The molecule has 3 aromatic rings. The first-order valence-electron chi connectivity index (χ1n) is 14.3. The van der Waals surface area contributed by atoms with Gasteiger partial charge in [-0.05, 0) is 92.9 Å². The number of nitrogens with one attached hydrogen (secondary N) is 1. The van der Waals surface area contributed by atoms with Gasteiger partial charge in [0, 0.05) is 17.1 Å². The van der Waals surface area contributed by atoms with Crippen LogP contribution in [0.3, 0.4) is 0 Å². The number of methoxy groups -OCH3 is 1. The number of carbonyl (C=O) groups excluding carboxylic acids is 2. The number of hydrogen-bond acceptors (Lipinski definition) is 6. The number of nitrogens with zero attached hydrogens (tertiary/aromatic N) is 2. The third-order valence-electron chi connectivity index (χ3n) is 7.02. The molecule has 2 unspecified atom stereocenters. The molecule has 3 rings (SSSR count). The maximum Gasteiger partial charge on any atom is 0.264 e. The normalized spacial score (nSPS) is 12.6. The van der Waals surface area contributed by atoms with Gasteiger partial charge in [-0.2, -0.15) is 0 Å². The van der Waals surface area contributed by atoms with E-state index in [-0.39, 0.29) is 23.4 Å². The number of benzene rings is 3. The molecule has 0 heterocycles. The molecule has 0 bridgehead atoms. The van der Waals surface area contributed by atoms with Crippen LogP contribution in [-0.2, 0) is 26.2 Å². The first-order valence-corrected chi connectivity index (χ1v) is 16.5. The summed E-state index contributed by atoms with van der Waals surface area (Å²) in [5.41, 5.74) is 1.06. The average molecular weight is 675 g/mol. The Bertz CT molecular complexity index is 1450. The zero-order valence-corrected chi connectivity index (χ0v) is 27.7. The van der Waals surface area contributed by atoms with E-state index in [1.54, 1.807) is 55.6 Å². The van der Waals surface area contributed by atoms with E-state index in [0.29, 0.717) is 30.2 Å². The third kappa shape index (κ3) is 8.96. The quantitative estimate of drug-likeness (QED) is 0.220. The van der Waals surface area contributed by atoms with Crippen molar-refractivity contribution in [2.24, 2.45) is 0 Å². The number of amides is 2. The molecule has 0 aliphatic carbocycles. The molecule has 232 valence electrons. The Labute approximate surface area is 263 Å². The van der Waals surface area contributed by atoms with Gasteiger partial charge < -0.3 is 19.7 Å². The van der Waals surface area contributed by atoms with E-state index in [9.17, 15) is 18.0 Å². The summed E-state index contributed by atoms with van der Waals surface area (Å²) in [5, 5.41) is 2.98. The summed E-state index contributed by atoms with van der Waals surface area (Å²) >= 11 is 3.35. The van der Waals surface area contributed by atoms with Gasteiger partial charge in [-0.3, -0.25) is 13.9 Å². The maximum absolute atomic E-state index is 14.2. The minimum Gasteiger partial charge on any atom is -0.497 e. The predicted octanol–water partition coefficient (Wildman–Crippen LogP) is 5.77. The average Bonchev–Trinajstić information content (AvgIpc) is 3.00. The van der Waals surface area contributed by atoms with E-state index < -0.39 is 28.5 Å². The molecule has 1 N–H and O–H groups in total. The van der Waals surface area contributed by atoms with Crippen LogP contribution >= 0.6 is 15.9 Å². The Kier molecular flexibility index (Phi) is 12.4. The van der Waals surface area contributed by atoms with Gasteiger partial charge in [0.2, 0.25) is 11.8 Å². The molecule has 0 saturated carbocycles. The van der Waals surface area contributed by atoms with Gasteiger partial charge in [-0.25, -0.2) is 8.42 Å². The zero-order chi connectivity index (χ0) is 31.6. The molecule has 0 saturated heterocycles. The summed E-state index contributed by atoms with van der Waals surface area (Å²) in [6.45, 7) is 7.59. The number of halogens is 1. The summed E-state index contributed by atoms with van der Waals surface area (Å²) < 4.78 is 40.6. The van der Waals surface area contributed by atoms with Crippen molar-refractivity contribution in [2.45, 2.75) is 64.1 Å². The van der Waals surface area contributed by atoms with Crippen LogP contribution in [0, 0.1) is 0 Å². The second kappa shape index (κ2) is 15.8. The number of rotatable bonds is 15. The summed E-state index contributed by atoms with van der Waals surface area (Å²) in [6, 6.07) is 19.1. The SMILES string of the molecule is CCOc1ccc(N(CC(=O)N(Cc2ccc(OC)cc2)C(CC)C(=O)NC(C)CC)S(=O)(=O)c2ccc(Br)cc2)cc1. The van der Waals surface area contributed by atoms with Crippen molar-refractivity contribution in [1.29, 1.82) is 0 Å². The molecule has 0 radical (unpaired) electrons. The molecule has 0 aromatic heterocycles. The van der Waals surface area contributed by atoms with Crippen LogP contribution in [0.25, 0.3) is 0 Å². The first-order chi connectivity index (χ1) is 20.5. The highest BCUT2D eigenvalue weighted by molar-refractivity contribution is 9.10. The van der Waals surface area contributed by atoms with Crippen molar-refractivity contribution in [3.8, 4) is 11.5 Å². The van der Waals surface area contributed by atoms with Crippen molar-refractivity contribution in [1.82, 2.24) is 10.2 Å². The van der Waals surface area contributed by atoms with Crippen molar-refractivity contribution < 1.29 is 27.5 Å². The smallest absolute Gasteiger partial charge is 0.264 e. The van der Waals surface area contributed by atoms with E-state index >= 15 is 0 Å². The van der Waals surface area contributed by atoms with Gasteiger partial charge in [0.1, 0.15) is 24.1 Å². The highest BCUT2D eigenvalue weighted by Gasteiger charge is 2.34. The van der Waals surface area contributed by atoms with Crippen molar-refractivity contribution in [3.63, 3.8) is 0 Å². The van der Waals surface area contributed by atoms with Crippen LogP contribution < -0.4 is 19.1 Å². The lowest BCUT2D eigenvalue weighted by atomic mass is 10.1. The van der Waals surface area contributed by atoms with Crippen molar-refractivity contribution >= 4 is 43.5 Å². The van der Waals surface area contributed by atoms with Crippen LogP contribution in [0.1, 0.15) is 46.1 Å². The highest BCUT2D eigenvalue weighted by atomic mass is 79.9. The third-order valence-corrected chi connectivity index (χ3v) is 9.33. The zero-order valence-electron chi connectivity index (χ0n) is 25.2. The van der Waals surface area contributed by atoms with E-state index in [1.807, 2.05) is 39.8 Å². The van der Waals surface area contributed by atoms with Crippen molar-refractivity contribution in [3.05, 3.63) is 82.8 Å². The number of anilines is 1. The lowest BCUT2D eigenvalue weighted by Gasteiger charge is -2.33. The fourth-order valence-electron chi connectivity index (χ4n) is 4.43. The lowest BCUT2D eigenvalue weighted by molar-refractivity contribution is -0.140. The number of hydrogen-bond donors (Lipinski definition) is 1. The van der Waals surface area contributed by atoms with Crippen LogP contribution in [0.4, 0.5) is 5.69 Å². The second-order valence-corrected chi connectivity index (χ2v) is 12.8. The van der Waals surface area contributed by atoms with Crippen LogP contribution in [0.2, 0.25) is 0 Å². The minimum atomic E-state index is -4.17. The number of ether oxygens (including phenoxy) is 2. The van der Waals surface area contributed by atoms with E-state index in [4.69, 9.17) is 9.47 Å². The number of carbonyl (C=O) groups is 2. The fourth-order valence-corrected chi connectivity index (χ4v) is 6.10. The Balaban J connectivity index is 2.06. The Hall–Kier alpha value is -3.57. The number of sulfonamides is 1. The molecule has 43 heavy (non-hydrogen) atoms. The fraction of sp³-hybridized carbons (Fsp3) is 0.375. The highest BCUT2D eigenvalue weighted by Crippen LogP contribution is 2.28. The standard InChI is InChI=1S/C32H40BrN3O6S/c1-6-23(4)34-32(38)30(7-2)35(21-24-9-15-27(41-5)16-10-24)31(37)22-36(26-13-17-28(18-14-26)42-8-3)43(39,40)29-19-11-25(33)12-20-29/h9-20,23,30H,6-8,21-22H2,1-5H3,(H,34,38). The van der Waals surface area contributed by atoms with Gasteiger partial charge in [-0.15, -0.1) is 0 Å². The van der Waals surface area contributed by atoms with Gasteiger partial charge >= 0.3 is 0 Å². The topological polar surface area (TPSA) is 105 Å². The molecule has 2 atom stereocenters. The van der Waals surface area contributed by atoms with Crippen molar-refractivity contribution in [2.75, 3.05) is 24.6 Å².